The highest BCUT2D eigenvalue weighted by Crippen LogP contribution is 2.17. The Balaban J connectivity index is 2.69. The minimum absolute atomic E-state index is 0.128. The summed E-state index contributed by atoms with van der Waals surface area (Å²) in [5.74, 6) is -0.807. The molecule has 0 spiro atoms. The van der Waals surface area contributed by atoms with Crippen molar-refractivity contribution in [2.24, 2.45) is 5.92 Å². The molecular formula is C11H16N2O4. The van der Waals surface area contributed by atoms with Crippen LogP contribution < -0.4 is 10.6 Å². The first kappa shape index (κ1) is 13.2. The molecule has 1 aliphatic rings. The molecule has 0 aromatic carbocycles. The first-order valence-electron chi connectivity index (χ1n) is 5.38. The zero-order valence-corrected chi connectivity index (χ0v) is 9.66. The van der Waals surface area contributed by atoms with Gasteiger partial charge in [-0.2, -0.15) is 0 Å². The van der Waals surface area contributed by atoms with Crippen molar-refractivity contribution < 1.29 is 19.5 Å². The normalized spacial score (nSPS) is 20.5. The monoisotopic (exact) mass is 240 g/mol. The fraction of sp³-hybridized carbons (Fsp3) is 0.545. The maximum Gasteiger partial charge on any atom is 0.405 e. The predicted molar refractivity (Wildman–Crippen MR) is 60.5 cm³/mol. The third kappa shape index (κ3) is 3.58. The molecule has 0 aliphatic carbocycles. The average Bonchev–Trinajstić information content (AvgIpc) is 2.61. The van der Waals surface area contributed by atoms with E-state index in [9.17, 15) is 14.4 Å². The third-order valence-corrected chi connectivity index (χ3v) is 2.72. The third-order valence-electron chi connectivity index (χ3n) is 2.72. The van der Waals surface area contributed by atoms with Crippen LogP contribution in [0.5, 0.6) is 0 Å². The zero-order chi connectivity index (χ0) is 13.0. The Bertz CT molecular complexity index is 364. The van der Waals surface area contributed by atoms with E-state index in [4.69, 9.17) is 5.11 Å². The summed E-state index contributed by atoms with van der Waals surface area (Å²) < 4.78 is 0. The van der Waals surface area contributed by atoms with Crippen LogP contribution in [-0.4, -0.2) is 35.5 Å². The minimum atomic E-state index is -1.27. The molecule has 0 aromatic heterocycles. The lowest BCUT2D eigenvalue weighted by molar-refractivity contribution is -0.123. The fourth-order valence-corrected chi connectivity index (χ4v) is 1.83. The zero-order valence-electron chi connectivity index (χ0n) is 9.66. The predicted octanol–water partition coefficient (Wildman–Crippen LogP) is 0.294. The second-order valence-corrected chi connectivity index (χ2v) is 4.16. The number of ketones is 1. The second kappa shape index (κ2) is 5.47. The smallest absolute Gasteiger partial charge is 0.405 e. The summed E-state index contributed by atoms with van der Waals surface area (Å²) in [5, 5.41) is 13.4. The van der Waals surface area contributed by atoms with E-state index in [1.807, 2.05) is 0 Å². The van der Waals surface area contributed by atoms with Crippen LogP contribution in [0.3, 0.4) is 0 Å². The molecule has 3 N–H and O–H groups in total. The van der Waals surface area contributed by atoms with Crippen molar-refractivity contribution in [3.63, 3.8) is 0 Å². The number of nitrogens with one attached hydrogen (secondary N) is 2. The van der Waals surface area contributed by atoms with Crippen molar-refractivity contribution in [1.29, 1.82) is 0 Å². The van der Waals surface area contributed by atoms with Gasteiger partial charge in [-0.1, -0.05) is 6.58 Å². The van der Waals surface area contributed by atoms with Gasteiger partial charge in [0.1, 0.15) is 0 Å². The Hall–Kier alpha value is -1.85. The van der Waals surface area contributed by atoms with Crippen molar-refractivity contribution in [3.05, 3.63) is 12.2 Å². The topological polar surface area (TPSA) is 95.5 Å². The van der Waals surface area contributed by atoms with E-state index >= 15 is 0 Å². The number of carbonyl (C=O) groups is 3. The molecule has 1 heterocycles. The van der Waals surface area contributed by atoms with E-state index in [0.29, 0.717) is 13.0 Å². The Labute approximate surface area is 99.1 Å². The number of rotatable bonds is 5. The Morgan fingerprint density at radius 3 is 2.71 bits per heavy atom. The highest BCUT2D eigenvalue weighted by Gasteiger charge is 2.31. The van der Waals surface area contributed by atoms with Crippen molar-refractivity contribution in [2.45, 2.75) is 25.8 Å². The summed E-state index contributed by atoms with van der Waals surface area (Å²) in [6.07, 6.45) is -0.466. The average molecular weight is 240 g/mol. The van der Waals surface area contributed by atoms with Gasteiger partial charge in [-0.15, -0.1) is 0 Å². The summed E-state index contributed by atoms with van der Waals surface area (Å²) in [6.45, 7) is 5.59. The second-order valence-electron chi connectivity index (χ2n) is 4.16. The van der Waals surface area contributed by atoms with E-state index in [1.165, 1.54) is 6.92 Å². The molecule has 0 radical (unpaired) electrons. The number of carbonyl (C=O) groups excluding carboxylic acids is 2. The molecule has 1 saturated heterocycles. The molecule has 1 unspecified atom stereocenters. The lowest BCUT2D eigenvalue weighted by Gasteiger charge is -2.18. The first-order chi connectivity index (χ1) is 7.91. The van der Waals surface area contributed by atoms with Gasteiger partial charge < -0.3 is 15.7 Å². The first-order valence-corrected chi connectivity index (χ1v) is 5.38. The largest absolute Gasteiger partial charge is 0.465 e. The summed E-state index contributed by atoms with van der Waals surface area (Å²) in [6, 6.07) is -0.890. The molecule has 2 atom stereocenters. The fourth-order valence-electron chi connectivity index (χ4n) is 1.83. The van der Waals surface area contributed by atoms with Gasteiger partial charge >= 0.3 is 6.09 Å². The van der Waals surface area contributed by atoms with Crippen LogP contribution in [0.2, 0.25) is 0 Å². The van der Waals surface area contributed by atoms with Crippen LogP contribution in [0.25, 0.3) is 0 Å². The van der Waals surface area contributed by atoms with Crippen molar-refractivity contribution in [3.8, 4) is 0 Å². The van der Waals surface area contributed by atoms with Crippen molar-refractivity contribution in [1.82, 2.24) is 10.6 Å². The Morgan fingerprint density at radius 1 is 1.65 bits per heavy atom. The molecule has 0 saturated carbocycles. The quantitative estimate of drug-likeness (QED) is 0.602. The van der Waals surface area contributed by atoms with Gasteiger partial charge in [0, 0.05) is 12.5 Å². The van der Waals surface area contributed by atoms with E-state index in [-0.39, 0.29) is 29.6 Å². The summed E-state index contributed by atoms with van der Waals surface area (Å²) >= 11 is 0. The number of hydrogen-bond donors (Lipinski definition) is 3. The van der Waals surface area contributed by atoms with Gasteiger partial charge in [0.05, 0.1) is 6.04 Å². The van der Waals surface area contributed by atoms with Gasteiger partial charge in [0.25, 0.3) is 0 Å². The molecule has 1 fully saturated rings. The maximum absolute atomic E-state index is 11.7. The van der Waals surface area contributed by atoms with Crippen LogP contribution in [0.1, 0.15) is 19.8 Å². The summed E-state index contributed by atoms with van der Waals surface area (Å²) in [4.78, 5) is 33.7. The number of hydrogen-bond acceptors (Lipinski definition) is 3. The number of Topliss-reactive ketones (excluding diaryl/α,β-unsaturated/α-hetero) is 1. The molecule has 94 valence electrons. The van der Waals surface area contributed by atoms with Crippen molar-refractivity contribution in [2.75, 3.05) is 6.54 Å². The molecular weight excluding hydrogens is 224 g/mol. The highest BCUT2D eigenvalue weighted by atomic mass is 16.4. The lowest BCUT2D eigenvalue weighted by Crippen LogP contribution is -2.42. The van der Waals surface area contributed by atoms with Crippen LogP contribution in [0, 0.1) is 5.92 Å². The summed E-state index contributed by atoms with van der Waals surface area (Å²) in [7, 11) is 0. The lowest BCUT2D eigenvalue weighted by atomic mass is 9.94. The minimum Gasteiger partial charge on any atom is -0.465 e. The molecule has 6 nitrogen and oxygen atoms in total. The van der Waals surface area contributed by atoms with Crippen LogP contribution in [0.4, 0.5) is 4.79 Å². The van der Waals surface area contributed by atoms with Crippen LogP contribution in [0.15, 0.2) is 12.2 Å². The molecule has 6 heteroatoms. The van der Waals surface area contributed by atoms with Gasteiger partial charge in [0.2, 0.25) is 5.91 Å². The summed E-state index contributed by atoms with van der Waals surface area (Å²) in [5.41, 5.74) is 0.280. The van der Waals surface area contributed by atoms with Crippen molar-refractivity contribution >= 4 is 17.8 Å². The Kier molecular flexibility index (Phi) is 4.25. The van der Waals surface area contributed by atoms with E-state index in [0.717, 1.165) is 0 Å². The van der Waals surface area contributed by atoms with E-state index < -0.39 is 12.1 Å². The van der Waals surface area contributed by atoms with Gasteiger partial charge in [-0.3, -0.25) is 9.59 Å². The molecule has 1 rings (SSSR count). The van der Waals surface area contributed by atoms with E-state index in [2.05, 4.69) is 17.2 Å². The Morgan fingerprint density at radius 2 is 2.29 bits per heavy atom. The highest BCUT2D eigenvalue weighted by molar-refractivity contribution is 6.00. The SMILES string of the molecule is C=C(C)C(=O)[C@H](CC1CCNC1=O)NC(=O)O. The van der Waals surface area contributed by atoms with Crippen LogP contribution in [-0.2, 0) is 9.59 Å². The van der Waals surface area contributed by atoms with Crippen LogP contribution >= 0.6 is 0 Å². The van der Waals surface area contributed by atoms with E-state index in [1.54, 1.807) is 0 Å². The molecule has 0 aromatic rings. The maximum atomic E-state index is 11.7. The van der Waals surface area contributed by atoms with Gasteiger partial charge in [-0.25, -0.2) is 4.79 Å². The standard InChI is InChI=1S/C11H16N2O4/c1-6(2)9(14)8(13-11(16)17)5-7-3-4-12-10(7)15/h7-8,13H,1,3-5H2,2H3,(H,12,15)(H,16,17)/t7?,8-/m0/s1. The molecule has 1 aliphatic heterocycles. The molecule has 17 heavy (non-hydrogen) atoms. The van der Waals surface area contributed by atoms with Gasteiger partial charge in [-0.05, 0) is 25.3 Å². The number of carboxylic acid groups (broad SMARTS) is 1. The number of amides is 2. The molecule has 0 bridgehead atoms. The molecule has 2 amide bonds. The van der Waals surface area contributed by atoms with Gasteiger partial charge in [0.15, 0.2) is 5.78 Å².